The number of alkyl halides is 3. The molecule has 1 aliphatic carbocycles. The van der Waals surface area contributed by atoms with Crippen LogP contribution in [0.4, 0.5) is 18.9 Å². The lowest BCUT2D eigenvalue weighted by atomic mass is 9.73. The van der Waals surface area contributed by atoms with Crippen LogP contribution in [0.1, 0.15) is 67.3 Å². The first-order valence-corrected chi connectivity index (χ1v) is 14.7. The maximum atomic E-state index is 13.7. The normalized spacial score (nSPS) is 17.1. The van der Waals surface area contributed by atoms with E-state index in [1.807, 2.05) is 36.4 Å². The molecule has 3 aromatic rings. The molecule has 42 heavy (non-hydrogen) atoms. The molecule has 0 heterocycles. The van der Waals surface area contributed by atoms with E-state index in [9.17, 15) is 31.8 Å². The van der Waals surface area contributed by atoms with Crippen LogP contribution >= 0.6 is 0 Å². The van der Waals surface area contributed by atoms with Crippen molar-refractivity contribution in [2.24, 2.45) is 5.92 Å². The van der Waals surface area contributed by atoms with Gasteiger partial charge in [-0.2, -0.15) is 18.4 Å². The number of halogens is 3. The van der Waals surface area contributed by atoms with Gasteiger partial charge in [-0.05, 0) is 72.2 Å². The number of benzene rings is 3. The van der Waals surface area contributed by atoms with Crippen molar-refractivity contribution < 1.29 is 31.8 Å². The molecule has 1 aliphatic rings. The van der Waals surface area contributed by atoms with Gasteiger partial charge in [-0.25, -0.2) is 8.93 Å². The zero-order chi connectivity index (χ0) is 30.5. The molecule has 0 saturated heterocycles. The molecule has 1 saturated carbocycles. The van der Waals surface area contributed by atoms with Crippen molar-refractivity contribution in [1.29, 1.82) is 5.26 Å². The molecule has 11 heteroatoms. The zero-order valence-corrected chi connectivity index (χ0v) is 23.8. The second kappa shape index (κ2) is 13.2. The molecule has 222 valence electrons. The summed E-state index contributed by atoms with van der Waals surface area (Å²) in [5, 5.41) is 23.6. The van der Waals surface area contributed by atoms with Gasteiger partial charge in [0.25, 0.3) is 5.91 Å². The first-order chi connectivity index (χ1) is 19.9. The van der Waals surface area contributed by atoms with Crippen LogP contribution in [-0.2, 0) is 28.7 Å². The SMILES string of the molecule is CC(NS(=O)O)c1cccc(-c2cccc(CC(O)(C(=O)Nc3ccc(C#N)c(C(F)(F)F)c3)C3CCCCC3)c2)c1. The van der Waals surface area contributed by atoms with Gasteiger partial charge in [-0.1, -0.05) is 61.7 Å². The molecule has 1 amide bonds. The van der Waals surface area contributed by atoms with Crippen LogP contribution in [0.15, 0.2) is 66.7 Å². The van der Waals surface area contributed by atoms with Gasteiger partial charge in [-0.15, -0.1) is 0 Å². The summed E-state index contributed by atoms with van der Waals surface area (Å²) in [6.07, 6.45) is -1.01. The summed E-state index contributed by atoms with van der Waals surface area (Å²) < 4.78 is 63.5. The quantitative estimate of drug-likeness (QED) is 0.209. The first-order valence-electron chi connectivity index (χ1n) is 13.6. The van der Waals surface area contributed by atoms with E-state index in [0.717, 1.165) is 42.0 Å². The minimum atomic E-state index is -4.79. The molecule has 3 atom stereocenters. The van der Waals surface area contributed by atoms with Gasteiger partial charge in [0.05, 0.1) is 17.2 Å². The fraction of sp³-hybridized carbons (Fsp3) is 0.355. The summed E-state index contributed by atoms with van der Waals surface area (Å²) >= 11 is -2.18. The highest BCUT2D eigenvalue weighted by atomic mass is 32.2. The fourth-order valence-corrected chi connectivity index (χ4v) is 6.00. The lowest BCUT2D eigenvalue weighted by molar-refractivity contribution is -0.142. The van der Waals surface area contributed by atoms with Gasteiger partial charge in [0.2, 0.25) is 11.3 Å². The number of amides is 1. The third-order valence-electron chi connectivity index (χ3n) is 7.78. The Bertz CT molecular complexity index is 1500. The molecular weight excluding hydrogens is 567 g/mol. The van der Waals surface area contributed by atoms with Crippen molar-refractivity contribution in [3.05, 3.63) is 89.0 Å². The van der Waals surface area contributed by atoms with Crippen molar-refractivity contribution in [3.63, 3.8) is 0 Å². The highest BCUT2D eigenvalue weighted by molar-refractivity contribution is 7.77. The van der Waals surface area contributed by atoms with Crippen LogP contribution < -0.4 is 10.0 Å². The minimum Gasteiger partial charge on any atom is -0.379 e. The van der Waals surface area contributed by atoms with E-state index >= 15 is 0 Å². The third-order valence-corrected chi connectivity index (χ3v) is 8.33. The second-order valence-electron chi connectivity index (χ2n) is 10.7. The first kappa shape index (κ1) is 31.4. The lowest BCUT2D eigenvalue weighted by Crippen LogP contribution is -2.51. The molecule has 0 bridgehead atoms. The molecule has 1 fully saturated rings. The molecule has 3 aromatic carbocycles. The number of hydrogen-bond donors (Lipinski definition) is 4. The number of aliphatic hydroxyl groups is 1. The maximum absolute atomic E-state index is 13.7. The summed E-state index contributed by atoms with van der Waals surface area (Å²) in [4.78, 5) is 13.7. The van der Waals surface area contributed by atoms with Crippen LogP contribution in [0.25, 0.3) is 11.1 Å². The van der Waals surface area contributed by atoms with Crippen LogP contribution in [0.2, 0.25) is 0 Å². The highest BCUT2D eigenvalue weighted by Gasteiger charge is 2.44. The van der Waals surface area contributed by atoms with Crippen LogP contribution in [0, 0.1) is 17.2 Å². The van der Waals surface area contributed by atoms with E-state index in [0.29, 0.717) is 24.5 Å². The number of hydrogen-bond acceptors (Lipinski definition) is 4. The lowest BCUT2D eigenvalue weighted by Gasteiger charge is -2.37. The van der Waals surface area contributed by atoms with E-state index in [4.69, 9.17) is 5.26 Å². The number of carbonyl (C=O) groups is 1. The summed E-state index contributed by atoms with van der Waals surface area (Å²) in [6.45, 7) is 1.76. The number of nitriles is 1. The van der Waals surface area contributed by atoms with E-state index in [2.05, 4.69) is 10.0 Å². The van der Waals surface area contributed by atoms with Crippen molar-refractivity contribution >= 4 is 22.9 Å². The molecule has 4 rings (SSSR count). The summed E-state index contributed by atoms with van der Waals surface area (Å²) in [7, 11) is 0. The number of carbonyl (C=O) groups excluding carboxylic acids is 1. The Labute approximate surface area is 245 Å². The standard InChI is InChI=1S/C31H32F3N3O4S/c1-20(37-42(40)41)22-8-6-10-24(16-22)23-9-5-7-21(15-23)18-30(39,26-11-3-2-4-12-26)29(38)36-27-14-13-25(19-35)28(17-27)31(32,33)34/h5-10,13-17,20,26,37,39H,2-4,11-12,18H2,1H3,(H,36,38)(H,40,41). The molecule has 3 unspecified atom stereocenters. The van der Waals surface area contributed by atoms with Crippen LogP contribution in [-0.4, -0.2) is 25.4 Å². The zero-order valence-electron chi connectivity index (χ0n) is 22.9. The average Bonchev–Trinajstić information content (AvgIpc) is 2.97. The summed E-state index contributed by atoms with van der Waals surface area (Å²) in [5.74, 6) is -1.19. The van der Waals surface area contributed by atoms with Crippen molar-refractivity contribution in [2.75, 3.05) is 5.32 Å². The van der Waals surface area contributed by atoms with E-state index in [-0.39, 0.29) is 18.2 Å². The molecule has 0 aliphatic heterocycles. The Morgan fingerprint density at radius 1 is 1.05 bits per heavy atom. The molecular formula is C31H32F3N3O4S. The monoisotopic (exact) mass is 599 g/mol. The number of nitrogens with one attached hydrogen (secondary N) is 2. The number of anilines is 1. The van der Waals surface area contributed by atoms with Gasteiger partial charge >= 0.3 is 6.18 Å². The second-order valence-corrected chi connectivity index (χ2v) is 11.4. The van der Waals surface area contributed by atoms with Crippen LogP contribution in [0.5, 0.6) is 0 Å². The molecule has 0 aromatic heterocycles. The Morgan fingerprint density at radius 2 is 1.71 bits per heavy atom. The van der Waals surface area contributed by atoms with Crippen molar-refractivity contribution in [1.82, 2.24) is 4.72 Å². The van der Waals surface area contributed by atoms with Gasteiger partial charge in [0, 0.05) is 18.2 Å². The molecule has 4 N–H and O–H groups in total. The fourth-order valence-electron chi connectivity index (χ4n) is 5.56. The molecule has 7 nitrogen and oxygen atoms in total. The van der Waals surface area contributed by atoms with Crippen LogP contribution in [0.3, 0.4) is 0 Å². The predicted molar refractivity (Wildman–Crippen MR) is 154 cm³/mol. The largest absolute Gasteiger partial charge is 0.417 e. The summed E-state index contributed by atoms with van der Waals surface area (Å²) in [6, 6.07) is 18.8. The van der Waals surface area contributed by atoms with Gasteiger partial charge in [0.1, 0.15) is 5.60 Å². The molecule has 0 radical (unpaired) electrons. The van der Waals surface area contributed by atoms with E-state index < -0.39 is 46.0 Å². The molecule has 0 spiro atoms. The van der Waals surface area contributed by atoms with Gasteiger partial charge in [0.15, 0.2) is 0 Å². The summed E-state index contributed by atoms with van der Waals surface area (Å²) in [5.41, 5.74) is -0.671. The Morgan fingerprint density at radius 3 is 2.36 bits per heavy atom. The van der Waals surface area contributed by atoms with Gasteiger partial charge in [-0.3, -0.25) is 9.35 Å². The van der Waals surface area contributed by atoms with E-state index in [1.165, 1.54) is 12.1 Å². The van der Waals surface area contributed by atoms with Crippen molar-refractivity contribution in [3.8, 4) is 17.2 Å². The predicted octanol–water partition coefficient (Wildman–Crippen LogP) is 6.52. The van der Waals surface area contributed by atoms with E-state index in [1.54, 1.807) is 19.1 Å². The number of rotatable bonds is 9. The van der Waals surface area contributed by atoms with Gasteiger partial charge < -0.3 is 10.4 Å². The minimum absolute atomic E-state index is 0.0547. The number of nitrogens with zero attached hydrogens (tertiary/aromatic N) is 1. The average molecular weight is 600 g/mol. The Balaban J connectivity index is 1.64. The highest BCUT2D eigenvalue weighted by Crippen LogP contribution is 2.38. The topological polar surface area (TPSA) is 122 Å². The smallest absolute Gasteiger partial charge is 0.379 e. The Hall–Kier alpha value is -3.56. The van der Waals surface area contributed by atoms with Crippen molar-refractivity contribution in [2.45, 2.75) is 63.3 Å². The maximum Gasteiger partial charge on any atom is 0.417 e. The third kappa shape index (κ3) is 7.44. The Kier molecular flexibility index (Phi) is 9.84.